The number of aromatic nitrogens is 1. The highest BCUT2D eigenvalue weighted by atomic mass is 35.5. The monoisotopic (exact) mass is 642 g/mol. The Bertz CT molecular complexity index is 1530. The standard InChI is InChI=1S/C28H26Cl2F2N2O7S/c29-22-14-33(36)15-23(30)21(22)11-25(18-8-9-24(41-28(31)32)26(10-18)39-16-17-6-7-17)40-27(35)19-12-34(13-19)42(37,38)20-4-2-1-3-5-20/h1-5,8-10,14-15,17,19,25,28H,6-7,11-13,16H2. The Hall–Kier alpha value is -3.19. The molecule has 1 saturated heterocycles. The van der Waals surface area contributed by atoms with Crippen molar-refractivity contribution in [3.63, 3.8) is 0 Å². The third-order valence-electron chi connectivity index (χ3n) is 7.00. The molecule has 224 valence electrons. The van der Waals surface area contributed by atoms with Gasteiger partial charge in [-0.1, -0.05) is 47.5 Å². The largest absolute Gasteiger partial charge is 0.619 e. The van der Waals surface area contributed by atoms with Gasteiger partial charge < -0.3 is 19.4 Å². The fourth-order valence-corrected chi connectivity index (χ4v) is 6.57. The average molecular weight is 643 g/mol. The van der Waals surface area contributed by atoms with Crippen LogP contribution in [-0.4, -0.2) is 45.0 Å². The number of benzene rings is 2. The molecule has 42 heavy (non-hydrogen) atoms. The Morgan fingerprint density at radius 2 is 1.71 bits per heavy atom. The van der Waals surface area contributed by atoms with Crippen LogP contribution in [0.2, 0.25) is 10.0 Å². The smallest absolute Gasteiger partial charge is 0.387 e. The second-order valence-electron chi connectivity index (χ2n) is 10.1. The second kappa shape index (κ2) is 12.6. The van der Waals surface area contributed by atoms with Crippen LogP contribution in [0.15, 0.2) is 65.8 Å². The molecule has 2 aliphatic rings. The van der Waals surface area contributed by atoms with Crippen molar-refractivity contribution >= 4 is 39.2 Å². The van der Waals surface area contributed by atoms with Crippen LogP contribution in [0, 0.1) is 17.0 Å². The molecular weight excluding hydrogens is 617 g/mol. The first-order valence-electron chi connectivity index (χ1n) is 13.0. The van der Waals surface area contributed by atoms with Gasteiger partial charge in [-0.25, -0.2) is 8.42 Å². The predicted molar refractivity (Wildman–Crippen MR) is 148 cm³/mol. The minimum absolute atomic E-state index is 0.0326. The topological polar surface area (TPSA) is 109 Å². The van der Waals surface area contributed by atoms with E-state index in [-0.39, 0.29) is 46.0 Å². The number of hydrogen-bond acceptors (Lipinski definition) is 7. The van der Waals surface area contributed by atoms with E-state index < -0.39 is 34.6 Å². The molecule has 0 N–H and O–H groups in total. The lowest BCUT2D eigenvalue weighted by atomic mass is 10.00. The molecule has 5 rings (SSSR count). The van der Waals surface area contributed by atoms with Crippen molar-refractivity contribution < 1.29 is 40.9 Å². The number of pyridine rings is 1. The second-order valence-corrected chi connectivity index (χ2v) is 12.8. The first-order chi connectivity index (χ1) is 20.0. The van der Waals surface area contributed by atoms with Gasteiger partial charge in [0.2, 0.25) is 10.0 Å². The molecule has 1 atom stereocenters. The van der Waals surface area contributed by atoms with Crippen LogP contribution < -0.4 is 14.2 Å². The predicted octanol–water partition coefficient (Wildman–Crippen LogP) is 5.16. The van der Waals surface area contributed by atoms with Crippen molar-refractivity contribution in [1.82, 2.24) is 4.31 Å². The van der Waals surface area contributed by atoms with E-state index in [2.05, 4.69) is 4.74 Å². The van der Waals surface area contributed by atoms with Crippen molar-refractivity contribution in [3.8, 4) is 11.5 Å². The summed E-state index contributed by atoms with van der Waals surface area (Å²) in [6, 6.07) is 12.1. The number of alkyl halides is 2. The van der Waals surface area contributed by atoms with E-state index in [1.807, 2.05) is 0 Å². The zero-order valence-electron chi connectivity index (χ0n) is 22.0. The molecule has 1 aromatic heterocycles. The van der Waals surface area contributed by atoms with Gasteiger partial charge in [0.05, 0.1) is 17.4 Å². The van der Waals surface area contributed by atoms with Gasteiger partial charge in [0.1, 0.15) is 16.1 Å². The number of carbonyl (C=O) groups excluding carboxylic acids is 1. The number of carbonyl (C=O) groups is 1. The maximum Gasteiger partial charge on any atom is 0.387 e. The number of nitrogens with zero attached hydrogens (tertiary/aromatic N) is 2. The first kappa shape index (κ1) is 30.3. The summed E-state index contributed by atoms with van der Waals surface area (Å²) in [5.74, 6) is -1.23. The lowest BCUT2D eigenvalue weighted by Gasteiger charge is -2.37. The molecule has 9 nitrogen and oxygen atoms in total. The highest BCUT2D eigenvalue weighted by Crippen LogP contribution is 2.38. The van der Waals surface area contributed by atoms with Crippen molar-refractivity contribution in [1.29, 1.82) is 0 Å². The summed E-state index contributed by atoms with van der Waals surface area (Å²) >= 11 is 12.6. The molecule has 1 aliphatic carbocycles. The molecule has 0 spiro atoms. The molecule has 0 bridgehead atoms. The molecule has 1 saturated carbocycles. The third-order valence-corrected chi connectivity index (χ3v) is 9.49. The van der Waals surface area contributed by atoms with Crippen molar-refractivity contribution in [2.24, 2.45) is 11.8 Å². The minimum Gasteiger partial charge on any atom is -0.619 e. The normalized spacial score (nSPS) is 16.6. The van der Waals surface area contributed by atoms with Crippen LogP contribution in [0.1, 0.15) is 30.1 Å². The molecule has 3 aromatic rings. The zero-order chi connectivity index (χ0) is 30.0. The van der Waals surface area contributed by atoms with E-state index in [0.717, 1.165) is 25.2 Å². The Kier molecular flexibility index (Phi) is 9.07. The maximum absolute atomic E-state index is 13.2. The Morgan fingerprint density at radius 3 is 2.33 bits per heavy atom. The molecule has 14 heteroatoms. The summed E-state index contributed by atoms with van der Waals surface area (Å²) in [7, 11) is -3.77. The van der Waals surface area contributed by atoms with Crippen LogP contribution in [0.4, 0.5) is 8.78 Å². The van der Waals surface area contributed by atoms with Gasteiger partial charge in [-0.15, -0.1) is 0 Å². The van der Waals surface area contributed by atoms with Gasteiger partial charge in [0.25, 0.3) is 0 Å². The lowest BCUT2D eigenvalue weighted by molar-refractivity contribution is -0.605. The summed E-state index contributed by atoms with van der Waals surface area (Å²) in [5, 5.41) is 11.8. The van der Waals surface area contributed by atoms with E-state index in [4.69, 9.17) is 32.7 Å². The van der Waals surface area contributed by atoms with E-state index in [9.17, 15) is 27.2 Å². The van der Waals surface area contributed by atoms with Crippen molar-refractivity contribution in [3.05, 3.63) is 87.3 Å². The van der Waals surface area contributed by atoms with Gasteiger partial charge >= 0.3 is 12.6 Å². The zero-order valence-corrected chi connectivity index (χ0v) is 24.3. The van der Waals surface area contributed by atoms with Gasteiger partial charge in [-0.05, 0) is 48.6 Å². The van der Waals surface area contributed by atoms with E-state index in [1.165, 1.54) is 34.6 Å². The molecule has 1 aliphatic heterocycles. The number of ether oxygens (including phenoxy) is 3. The highest BCUT2D eigenvalue weighted by molar-refractivity contribution is 7.89. The number of rotatable bonds is 12. The maximum atomic E-state index is 13.2. The van der Waals surface area contributed by atoms with Crippen LogP contribution in [0.5, 0.6) is 11.5 Å². The number of halogens is 4. The molecule has 2 fully saturated rings. The molecule has 1 unspecified atom stereocenters. The summed E-state index contributed by atoms with van der Waals surface area (Å²) < 4.78 is 69.7. The molecule has 2 aromatic carbocycles. The van der Waals surface area contributed by atoms with Crippen molar-refractivity contribution in [2.75, 3.05) is 19.7 Å². The number of esters is 1. The quantitative estimate of drug-likeness (QED) is 0.152. The average Bonchev–Trinajstić information content (AvgIpc) is 3.73. The van der Waals surface area contributed by atoms with Gasteiger partial charge in [0.15, 0.2) is 23.9 Å². The molecule has 0 amide bonds. The fraction of sp³-hybridized carbons (Fsp3) is 0.357. The van der Waals surface area contributed by atoms with Gasteiger partial charge in [-0.2, -0.15) is 17.8 Å². The third kappa shape index (κ3) is 7.05. The van der Waals surface area contributed by atoms with Gasteiger partial charge in [-0.3, -0.25) is 4.79 Å². The van der Waals surface area contributed by atoms with E-state index in [1.54, 1.807) is 18.2 Å². The van der Waals surface area contributed by atoms with Crippen molar-refractivity contribution in [2.45, 2.75) is 36.9 Å². The number of sulfonamides is 1. The van der Waals surface area contributed by atoms with Crippen LogP contribution in [0.3, 0.4) is 0 Å². The summed E-state index contributed by atoms with van der Waals surface area (Å²) in [4.78, 5) is 13.3. The Morgan fingerprint density at radius 1 is 1.05 bits per heavy atom. The summed E-state index contributed by atoms with van der Waals surface area (Å²) in [6.07, 6.45) is 3.02. The Balaban J connectivity index is 1.38. The fourth-order valence-electron chi connectivity index (χ4n) is 4.42. The van der Waals surface area contributed by atoms with Gasteiger partial charge in [0, 0.05) is 25.1 Å². The summed E-state index contributed by atoms with van der Waals surface area (Å²) in [6.45, 7) is -2.94. The summed E-state index contributed by atoms with van der Waals surface area (Å²) in [5.41, 5.74) is 0.688. The van der Waals surface area contributed by atoms with E-state index in [0.29, 0.717) is 28.4 Å². The first-order valence-corrected chi connectivity index (χ1v) is 15.2. The lowest BCUT2D eigenvalue weighted by Crippen LogP contribution is -2.53. The Labute approximate surface area is 251 Å². The number of hydrogen-bond donors (Lipinski definition) is 0. The molecular formula is C28H26Cl2F2N2O7S. The van der Waals surface area contributed by atoms with Crippen LogP contribution >= 0.6 is 23.2 Å². The van der Waals surface area contributed by atoms with Crippen LogP contribution in [0.25, 0.3) is 0 Å². The van der Waals surface area contributed by atoms with Crippen LogP contribution in [-0.2, 0) is 26.0 Å². The molecule has 2 heterocycles. The van der Waals surface area contributed by atoms with E-state index >= 15 is 0 Å². The molecule has 0 radical (unpaired) electrons. The SMILES string of the molecule is O=C(OC(Cc1c(Cl)c[n+]([O-])cc1Cl)c1ccc(OC(F)F)c(OCC2CC2)c1)C1CN(S(=O)(=O)c2ccccc2)C1. The highest BCUT2D eigenvalue weighted by Gasteiger charge is 2.42. The minimum atomic E-state index is -3.77.